The number of ether oxygens (including phenoxy) is 1. The molecule has 0 spiro atoms. The molecule has 0 amide bonds. The number of allylic oxidation sites excluding steroid dienone is 8. The van der Waals surface area contributed by atoms with Crippen molar-refractivity contribution in [2.45, 2.75) is 52.6 Å². The smallest absolute Gasteiger partial charge is 0.277 e. The molecule has 1 aliphatic carbocycles. The molecule has 0 radical (unpaired) electrons. The predicted octanol–water partition coefficient (Wildman–Crippen LogP) is 9.79. The third kappa shape index (κ3) is 12.1. The summed E-state index contributed by atoms with van der Waals surface area (Å²) >= 11 is 0. The molecule has 1 fully saturated rings. The van der Waals surface area contributed by atoms with Crippen molar-refractivity contribution in [3.05, 3.63) is 174 Å². The van der Waals surface area contributed by atoms with Crippen LogP contribution in [0.3, 0.4) is 0 Å². The first-order valence-corrected chi connectivity index (χ1v) is 18.1. The number of hydrogen-bond donors (Lipinski definition) is 3. The molecule has 6 rings (SSSR count). The molecule has 1 unspecified atom stereocenters. The van der Waals surface area contributed by atoms with Gasteiger partial charge in [-0.25, -0.2) is 4.98 Å². The number of H-pyrrole nitrogens is 1. The lowest BCUT2D eigenvalue weighted by Crippen LogP contribution is -2.24. The van der Waals surface area contributed by atoms with Gasteiger partial charge in [0.15, 0.2) is 0 Å². The zero-order valence-electron chi connectivity index (χ0n) is 31.4. The van der Waals surface area contributed by atoms with Crippen molar-refractivity contribution in [3.63, 3.8) is 0 Å². The molecule has 53 heavy (non-hydrogen) atoms. The van der Waals surface area contributed by atoms with E-state index in [0.717, 1.165) is 41.1 Å². The van der Waals surface area contributed by atoms with E-state index in [1.165, 1.54) is 35.9 Å². The average Bonchev–Trinajstić information content (AvgIpc) is 3.60. The summed E-state index contributed by atoms with van der Waals surface area (Å²) in [5.41, 5.74) is 8.96. The van der Waals surface area contributed by atoms with E-state index in [-0.39, 0.29) is 5.56 Å². The Morgan fingerprint density at radius 3 is 2.40 bits per heavy atom. The monoisotopic (exact) mass is 708 g/mol. The van der Waals surface area contributed by atoms with Gasteiger partial charge in [0, 0.05) is 54.1 Å². The Balaban J connectivity index is 0.000000184. The standard InChI is InChI=1S/C21H26O.C15H15N3O.C9H11N3/c1-4-17(3)21(22-20-12-7-6-8-13-20)15-14-18(5-2)16-19-10-9-11-19;1-3-4-10-18-14(12-8-6-5-7-9-12)17-11-13(16-2)15(18)19;1-10-6-8-4-7-5-11-3-2-9(7)12-8/h5-8,12-17H,2,4,9-11H2,1,3H3;4-9,11,16H,1,10H2,2H3;2-5,10,12H,6H2,1H3/b18-14+,21-15+;;. The lowest BCUT2D eigenvalue weighted by Gasteiger charge is -2.16. The Kier molecular flexibility index (Phi) is 16.1. The van der Waals surface area contributed by atoms with Crippen LogP contribution in [0.4, 0.5) is 5.69 Å². The second-order valence-corrected chi connectivity index (χ2v) is 12.5. The second kappa shape index (κ2) is 21.4. The zero-order valence-corrected chi connectivity index (χ0v) is 31.4. The normalized spacial score (nSPS) is 12.9. The molecule has 3 heterocycles. The van der Waals surface area contributed by atoms with Gasteiger partial charge in [-0.05, 0) is 74.7 Å². The number of nitrogens with zero attached hydrogens (tertiary/aromatic N) is 3. The molecule has 3 aromatic heterocycles. The van der Waals surface area contributed by atoms with Crippen LogP contribution < -0.4 is 20.9 Å². The van der Waals surface area contributed by atoms with Crippen LogP contribution >= 0.6 is 0 Å². The van der Waals surface area contributed by atoms with E-state index in [1.807, 2.05) is 86.1 Å². The molecule has 8 heteroatoms. The first kappa shape index (κ1) is 39.8. The summed E-state index contributed by atoms with van der Waals surface area (Å²) in [4.78, 5) is 24.0. The zero-order chi connectivity index (χ0) is 37.8. The number of rotatable bonds is 13. The number of pyridine rings is 1. The Hall–Kier alpha value is -5.95. The van der Waals surface area contributed by atoms with Crippen molar-refractivity contribution >= 4 is 16.6 Å². The summed E-state index contributed by atoms with van der Waals surface area (Å²) in [7, 11) is 3.64. The van der Waals surface area contributed by atoms with E-state index in [2.05, 4.69) is 82.6 Å². The fraction of sp³-hybridized carbons (Fsp3) is 0.244. The van der Waals surface area contributed by atoms with Crippen LogP contribution in [0.2, 0.25) is 0 Å². The maximum Gasteiger partial charge on any atom is 0.277 e. The molecule has 5 aromatic rings. The minimum Gasteiger partial charge on any atom is -0.461 e. The van der Waals surface area contributed by atoms with Crippen LogP contribution in [0.15, 0.2) is 162 Å². The van der Waals surface area contributed by atoms with Gasteiger partial charge in [0.1, 0.15) is 23.0 Å². The number of hydrogen-bond acceptors (Lipinski definition) is 6. The largest absolute Gasteiger partial charge is 0.461 e. The number of nitrogens with one attached hydrogen (secondary N) is 3. The lowest BCUT2D eigenvalue weighted by atomic mass is 9.90. The van der Waals surface area contributed by atoms with Crippen molar-refractivity contribution in [3.8, 4) is 17.1 Å². The summed E-state index contributed by atoms with van der Waals surface area (Å²) in [5.74, 6) is 2.91. The van der Waals surface area contributed by atoms with Crippen molar-refractivity contribution in [2.24, 2.45) is 5.92 Å². The molecule has 1 atom stereocenters. The van der Waals surface area contributed by atoms with Gasteiger partial charge in [-0.15, -0.1) is 5.73 Å². The van der Waals surface area contributed by atoms with Gasteiger partial charge in [0.25, 0.3) is 5.56 Å². The molecular formula is C45H52N6O2. The van der Waals surface area contributed by atoms with Crippen molar-refractivity contribution in [2.75, 3.05) is 19.4 Å². The molecule has 8 nitrogen and oxygen atoms in total. The van der Waals surface area contributed by atoms with Crippen molar-refractivity contribution < 1.29 is 4.74 Å². The fourth-order valence-electron chi connectivity index (χ4n) is 5.36. The highest BCUT2D eigenvalue weighted by atomic mass is 16.5. The molecule has 0 saturated heterocycles. The maximum atomic E-state index is 12.3. The van der Waals surface area contributed by atoms with Gasteiger partial charge in [0.2, 0.25) is 0 Å². The first-order chi connectivity index (χ1) is 25.9. The van der Waals surface area contributed by atoms with Gasteiger partial charge >= 0.3 is 0 Å². The van der Waals surface area contributed by atoms with E-state index in [1.54, 1.807) is 30.1 Å². The molecule has 3 N–H and O–H groups in total. The average molecular weight is 709 g/mol. The van der Waals surface area contributed by atoms with E-state index in [0.29, 0.717) is 24.0 Å². The molecule has 1 saturated carbocycles. The summed E-state index contributed by atoms with van der Waals surface area (Å²) in [6, 6.07) is 23.7. The Morgan fingerprint density at radius 2 is 1.79 bits per heavy atom. The third-order valence-electron chi connectivity index (χ3n) is 8.73. The number of benzene rings is 2. The Labute approximate surface area is 314 Å². The Bertz CT molecular complexity index is 2060. The van der Waals surface area contributed by atoms with Gasteiger partial charge in [-0.1, -0.05) is 99.3 Å². The van der Waals surface area contributed by atoms with Gasteiger partial charge in [0.05, 0.1) is 12.7 Å². The quantitative estimate of drug-likeness (QED) is 0.0640. The molecule has 2 aromatic carbocycles. The fourth-order valence-corrected chi connectivity index (χ4v) is 5.36. The van der Waals surface area contributed by atoms with Crippen LogP contribution in [0.5, 0.6) is 5.75 Å². The van der Waals surface area contributed by atoms with E-state index >= 15 is 0 Å². The van der Waals surface area contributed by atoms with Crippen LogP contribution in [0.25, 0.3) is 22.3 Å². The molecule has 0 aliphatic heterocycles. The van der Waals surface area contributed by atoms with Crippen LogP contribution in [-0.2, 0) is 13.1 Å². The van der Waals surface area contributed by atoms with Crippen LogP contribution in [0.1, 0.15) is 45.2 Å². The number of anilines is 1. The minimum atomic E-state index is -0.108. The molecular weight excluding hydrogens is 657 g/mol. The topological polar surface area (TPSA) is 96.9 Å². The second-order valence-electron chi connectivity index (χ2n) is 12.5. The summed E-state index contributed by atoms with van der Waals surface area (Å²) in [6.07, 6.45) is 20.1. The number of aromatic nitrogens is 4. The summed E-state index contributed by atoms with van der Waals surface area (Å²) in [6.45, 7) is 13.1. The highest BCUT2D eigenvalue weighted by Gasteiger charge is 2.11. The molecule has 0 bridgehead atoms. The predicted molar refractivity (Wildman–Crippen MR) is 221 cm³/mol. The van der Waals surface area contributed by atoms with Gasteiger partial charge in [-0.2, -0.15) is 0 Å². The lowest BCUT2D eigenvalue weighted by molar-refractivity contribution is 0.353. The number of para-hydroxylation sites is 1. The number of fused-ring (bicyclic) bond motifs is 1. The van der Waals surface area contributed by atoms with Gasteiger partial charge in [-0.3, -0.25) is 14.3 Å². The molecule has 274 valence electrons. The Morgan fingerprint density at radius 1 is 1.06 bits per heavy atom. The maximum absolute atomic E-state index is 12.3. The summed E-state index contributed by atoms with van der Waals surface area (Å²) < 4.78 is 7.67. The third-order valence-corrected chi connectivity index (χ3v) is 8.73. The summed E-state index contributed by atoms with van der Waals surface area (Å²) in [5, 5.41) is 7.11. The van der Waals surface area contributed by atoms with E-state index < -0.39 is 0 Å². The van der Waals surface area contributed by atoms with E-state index in [9.17, 15) is 4.79 Å². The first-order valence-electron chi connectivity index (χ1n) is 18.1. The van der Waals surface area contributed by atoms with E-state index in [4.69, 9.17) is 4.74 Å². The van der Waals surface area contributed by atoms with Crippen molar-refractivity contribution in [1.29, 1.82) is 0 Å². The van der Waals surface area contributed by atoms with Crippen LogP contribution in [0, 0.1) is 5.92 Å². The van der Waals surface area contributed by atoms with Gasteiger partial charge < -0.3 is 20.4 Å². The molecule has 1 aliphatic rings. The van der Waals surface area contributed by atoms with Crippen LogP contribution in [-0.4, -0.2) is 33.6 Å². The SMILES string of the molecule is C=C/C(C=C1CCC1)=C\C=C(\Oc1ccccc1)C(C)CC.C=C=CCn1c(-c2ccccc2)ncc(NC)c1=O.CNCc1cc2cnccc2[nH]1. The van der Waals surface area contributed by atoms with Crippen molar-refractivity contribution in [1.82, 2.24) is 24.8 Å². The minimum absolute atomic E-state index is 0.108. The highest BCUT2D eigenvalue weighted by Crippen LogP contribution is 2.27. The highest BCUT2D eigenvalue weighted by molar-refractivity contribution is 5.79. The number of aromatic amines is 1.